The van der Waals surface area contributed by atoms with Gasteiger partial charge in [-0.05, 0) is 26.6 Å². The smallest absolute Gasteiger partial charge is 0.0829 e. The van der Waals surface area contributed by atoms with Crippen LogP contribution in [0.2, 0.25) is 0 Å². The number of ether oxygens (including phenoxy) is 1. The van der Waals surface area contributed by atoms with E-state index in [2.05, 4.69) is 29.1 Å². The lowest BCUT2D eigenvalue weighted by atomic mass is 10.2. The molecule has 2 rings (SSSR count). The Morgan fingerprint density at radius 2 is 2.38 bits per heavy atom. The molecule has 0 saturated carbocycles. The highest BCUT2D eigenvalue weighted by Crippen LogP contribution is 2.11. The summed E-state index contributed by atoms with van der Waals surface area (Å²) in [5.41, 5.74) is 0. The maximum atomic E-state index is 5.84. The molecule has 0 aromatic carbocycles. The van der Waals surface area contributed by atoms with E-state index in [0.29, 0.717) is 12.1 Å². The van der Waals surface area contributed by atoms with Crippen molar-refractivity contribution in [1.82, 2.24) is 15.1 Å². The van der Waals surface area contributed by atoms with Crippen LogP contribution in [0, 0.1) is 0 Å². The van der Waals surface area contributed by atoms with Crippen molar-refractivity contribution in [3.63, 3.8) is 0 Å². The van der Waals surface area contributed by atoms with Gasteiger partial charge in [-0.15, -0.1) is 0 Å². The normalized spacial score (nSPS) is 32.4. The third-order valence-electron chi connectivity index (χ3n) is 3.82. The Kier molecular flexibility index (Phi) is 4.58. The average molecular weight is 227 g/mol. The summed E-state index contributed by atoms with van der Waals surface area (Å²) in [5, 5.41) is 3.42. The quantitative estimate of drug-likeness (QED) is 0.732. The Morgan fingerprint density at radius 3 is 3.06 bits per heavy atom. The van der Waals surface area contributed by atoms with Gasteiger partial charge in [-0.3, -0.25) is 9.80 Å². The molecule has 2 aliphatic rings. The van der Waals surface area contributed by atoms with Crippen molar-refractivity contribution >= 4 is 0 Å². The maximum absolute atomic E-state index is 5.84. The third kappa shape index (κ3) is 3.17. The molecule has 2 atom stereocenters. The monoisotopic (exact) mass is 227 g/mol. The highest BCUT2D eigenvalue weighted by atomic mass is 16.5. The summed E-state index contributed by atoms with van der Waals surface area (Å²) in [6, 6.07) is 0.709. The molecule has 2 aliphatic heterocycles. The number of nitrogens with zero attached hydrogens (tertiary/aromatic N) is 2. The van der Waals surface area contributed by atoms with Crippen molar-refractivity contribution in [2.45, 2.75) is 25.5 Å². The van der Waals surface area contributed by atoms with Crippen LogP contribution in [0.3, 0.4) is 0 Å². The molecule has 0 spiro atoms. The Balaban J connectivity index is 1.75. The lowest BCUT2D eigenvalue weighted by Gasteiger charge is -2.35. The Labute approximate surface area is 98.9 Å². The molecule has 4 nitrogen and oxygen atoms in total. The van der Waals surface area contributed by atoms with E-state index in [-0.39, 0.29) is 0 Å². The molecule has 0 amide bonds. The fourth-order valence-corrected chi connectivity index (χ4v) is 2.66. The van der Waals surface area contributed by atoms with Crippen molar-refractivity contribution in [3.05, 3.63) is 0 Å². The summed E-state index contributed by atoms with van der Waals surface area (Å²) in [7, 11) is 2.23. The zero-order valence-electron chi connectivity index (χ0n) is 10.6. The minimum atomic E-state index is 0.402. The van der Waals surface area contributed by atoms with Crippen LogP contribution >= 0.6 is 0 Å². The molecule has 2 fully saturated rings. The zero-order chi connectivity index (χ0) is 11.4. The lowest BCUT2D eigenvalue weighted by molar-refractivity contribution is -0.0425. The van der Waals surface area contributed by atoms with Gasteiger partial charge in [0.05, 0.1) is 12.7 Å². The van der Waals surface area contributed by atoms with Crippen LogP contribution in [0.15, 0.2) is 0 Å². The van der Waals surface area contributed by atoms with Crippen molar-refractivity contribution < 1.29 is 4.74 Å². The SMILES string of the molecule is CCN1CCOC(CN(C)C2CCNC2)C1. The van der Waals surface area contributed by atoms with Crippen molar-refractivity contribution in [3.8, 4) is 0 Å². The van der Waals surface area contributed by atoms with E-state index in [9.17, 15) is 0 Å². The van der Waals surface area contributed by atoms with E-state index < -0.39 is 0 Å². The maximum Gasteiger partial charge on any atom is 0.0829 e. The van der Waals surface area contributed by atoms with E-state index in [4.69, 9.17) is 4.74 Å². The predicted molar refractivity (Wildman–Crippen MR) is 65.8 cm³/mol. The minimum absolute atomic E-state index is 0.402. The lowest BCUT2D eigenvalue weighted by Crippen LogP contribution is -2.48. The van der Waals surface area contributed by atoms with Crippen LogP contribution in [0.4, 0.5) is 0 Å². The average Bonchev–Trinajstić information content (AvgIpc) is 2.83. The van der Waals surface area contributed by atoms with Gasteiger partial charge < -0.3 is 10.1 Å². The minimum Gasteiger partial charge on any atom is -0.374 e. The molecule has 0 bridgehead atoms. The largest absolute Gasteiger partial charge is 0.374 e. The molecule has 2 heterocycles. The Morgan fingerprint density at radius 1 is 1.50 bits per heavy atom. The molecule has 0 aromatic rings. The van der Waals surface area contributed by atoms with Gasteiger partial charge >= 0.3 is 0 Å². The molecular weight excluding hydrogens is 202 g/mol. The van der Waals surface area contributed by atoms with Crippen LogP contribution in [-0.4, -0.2) is 74.9 Å². The van der Waals surface area contributed by atoms with Crippen LogP contribution < -0.4 is 5.32 Å². The molecule has 0 aliphatic carbocycles. The van der Waals surface area contributed by atoms with Crippen LogP contribution in [-0.2, 0) is 4.74 Å². The number of nitrogens with one attached hydrogen (secondary N) is 1. The number of hydrogen-bond acceptors (Lipinski definition) is 4. The summed E-state index contributed by atoms with van der Waals surface area (Å²) in [6.45, 7) is 9.85. The van der Waals surface area contributed by atoms with Crippen molar-refractivity contribution in [2.24, 2.45) is 0 Å². The van der Waals surface area contributed by atoms with E-state index in [1.165, 1.54) is 13.0 Å². The zero-order valence-corrected chi connectivity index (χ0v) is 10.6. The number of hydrogen-bond donors (Lipinski definition) is 1. The summed E-state index contributed by atoms with van der Waals surface area (Å²) in [4.78, 5) is 4.94. The van der Waals surface area contributed by atoms with Gasteiger partial charge in [-0.1, -0.05) is 6.92 Å². The van der Waals surface area contributed by atoms with Gasteiger partial charge in [0.25, 0.3) is 0 Å². The molecule has 0 radical (unpaired) electrons. The standard InChI is InChI=1S/C12H25N3O/c1-3-15-6-7-16-12(10-15)9-14(2)11-4-5-13-8-11/h11-13H,3-10H2,1-2H3. The van der Waals surface area contributed by atoms with E-state index in [0.717, 1.165) is 39.3 Å². The predicted octanol–water partition coefficient (Wildman–Crippen LogP) is 0.000800. The Hall–Kier alpha value is -0.160. The molecular formula is C12H25N3O. The first-order chi connectivity index (χ1) is 7.79. The summed E-state index contributed by atoms with van der Waals surface area (Å²) < 4.78 is 5.84. The number of rotatable bonds is 4. The Bertz CT molecular complexity index is 206. The number of likely N-dealkylation sites (N-methyl/N-ethyl adjacent to an activating group) is 2. The van der Waals surface area contributed by atoms with Crippen molar-refractivity contribution in [1.29, 1.82) is 0 Å². The molecule has 0 aromatic heterocycles. The molecule has 2 saturated heterocycles. The summed E-state index contributed by atoms with van der Waals surface area (Å²) >= 11 is 0. The number of morpholine rings is 1. The molecule has 1 N–H and O–H groups in total. The fraction of sp³-hybridized carbons (Fsp3) is 1.00. The highest BCUT2D eigenvalue weighted by Gasteiger charge is 2.25. The fourth-order valence-electron chi connectivity index (χ4n) is 2.66. The third-order valence-corrected chi connectivity index (χ3v) is 3.82. The van der Waals surface area contributed by atoms with Gasteiger partial charge in [-0.25, -0.2) is 0 Å². The van der Waals surface area contributed by atoms with Gasteiger partial charge in [0.1, 0.15) is 0 Å². The topological polar surface area (TPSA) is 27.7 Å². The molecule has 2 unspecified atom stereocenters. The molecule has 94 valence electrons. The van der Waals surface area contributed by atoms with Gasteiger partial charge in [0.2, 0.25) is 0 Å². The second-order valence-electron chi connectivity index (χ2n) is 4.97. The molecule has 4 heteroatoms. The van der Waals surface area contributed by atoms with E-state index >= 15 is 0 Å². The van der Waals surface area contributed by atoms with Crippen LogP contribution in [0.25, 0.3) is 0 Å². The first-order valence-electron chi connectivity index (χ1n) is 6.54. The second-order valence-corrected chi connectivity index (χ2v) is 4.97. The first-order valence-corrected chi connectivity index (χ1v) is 6.54. The summed E-state index contributed by atoms with van der Waals surface area (Å²) in [6.07, 6.45) is 1.68. The summed E-state index contributed by atoms with van der Waals surface area (Å²) in [5.74, 6) is 0. The first kappa shape index (κ1) is 12.3. The van der Waals surface area contributed by atoms with Gasteiger partial charge in [0, 0.05) is 32.2 Å². The highest BCUT2D eigenvalue weighted by molar-refractivity contribution is 4.82. The van der Waals surface area contributed by atoms with E-state index in [1.807, 2.05) is 0 Å². The van der Waals surface area contributed by atoms with E-state index in [1.54, 1.807) is 0 Å². The van der Waals surface area contributed by atoms with Crippen LogP contribution in [0.5, 0.6) is 0 Å². The van der Waals surface area contributed by atoms with Crippen molar-refractivity contribution in [2.75, 3.05) is 52.9 Å². The van der Waals surface area contributed by atoms with Gasteiger partial charge in [-0.2, -0.15) is 0 Å². The van der Waals surface area contributed by atoms with Crippen LogP contribution in [0.1, 0.15) is 13.3 Å². The van der Waals surface area contributed by atoms with Gasteiger partial charge in [0.15, 0.2) is 0 Å². The molecule has 16 heavy (non-hydrogen) atoms. The second kappa shape index (κ2) is 5.96.